The molecule has 0 saturated heterocycles. The highest BCUT2D eigenvalue weighted by atomic mass is 16.5. The first-order valence-corrected chi connectivity index (χ1v) is 1.94. The Balaban J connectivity index is 2.76. The van der Waals surface area contributed by atoms with Crippen LogP contribution in [0.1, 0.15) is 5.56 Å². The SMILES string of the molecule is NCc1[c]noc1. The van der Waals surface area contributed by atoms with E-state index in [0.717, 1.165) is 5.56 Å². The van der Waals surface area contributed by atoms with Crippen LogP contribution in [0.25, 0.3) is 0 Å². The van der Waals surface area contributed by atoms with Gasteiger partial charge < -0.3 is 10.3 Å². The number of nitrogens with zero attached hydrogens (tertiary/aromatic N) is 1. The molecule has 2 N–H and O–H groups in total. The smallest absolute Gasteiger partial charge is 0.140 e. The Labute approximate surface area is 41.1 Å². The van der Waals surface area contributed by atoms with Crippen molar-refractivity contribution < 1.29 is 4.52 Å². The molecule has 1 heterocycles. The minimum absolute atomic E-state index is 0.448. The standard InChI is InChI=1S/C4H5N2O/c5-1-4-2-6-7-3-4/h3H,1,5H2. The van der Waals surface area contributed by atoms with E-state index in [1.54, 1.807) is 0 Å². The Morgan fingerprint density at radius 3 is 3.14 bits per heavy atom. The van der Waals surface area contributed by atoms with Crippen molar-refractivity contribution in [3.63, 3.8) is 0 Å². The maximum Gasteiger partial charge on any atom is 0.140 e. The summed E-state index contributed by atoms with van der Waals surface area (Å²) in [7, 11) is 0. The largest absolute Gasteiger partial charge is 0.364 e. The summed E-state index contributed by atoms with van der Waals surface area (Å²) in [5.41, 5.74) is 5.97. The van der Waals surface area contributed by atoms with Crippen molar-refractivity contribution in [1.82, 2.24) is 5.16 Å². The minimum atomic E-state index is 0.448. The van der Waals surface area contributed by atoms with Gasteiger partial charge in [0.2, 0.25) is 0 Å². The fraction of sp³-hybridized carbons (Fsp3) is 0.250. The van der Waals surface area contributed by atoms with Crippen LogP contribution in [-0.4, -0.2) is 5.16 Å². The molecule has 0 amide bonds. The van der Waals surface area contributed by atoms with Crippen LogP contribution >= 0.6 is 0 Å². The molecule has 0 aliphatic heterocycles. The Kier molecular flexibility index (Phi) is 1.08. The van der Waals surface area contributed by atoms with Crippen LogP contribution in [-0.2, 0) is 6.54 Å². The third-order valence-corrected chi connectivity index (χ3v) is 0.657. The number of hydrogen-bond donors (Lipinski definition) is 1. The number of nitrogens with two attached hydrogens (primary N) is 1. The van der Waals surface area contributed by atoms with Crippen molar-refractivity contribution in [3.8, 4) is 0 Å². The lowest BCUT2D eigenvalue weighted by Crippen LogP contribution is -1.92. The lowest BCUT2D eigenvalue weighted by atomic mass is 10.4. The summed E-state index contributed by atoms with van der Waals surface area (Å²) in [5, 5.41) is 3.31. The summed E-state index contributed by atoms with van der Waals surface area (Å²) < 4.78 is 4.42. The van der Waals surface area contributed by atoms with Gasteiger partial charge in [0, 0.05) is 12.1 Å². The quantitative estimate of drug-likeness (QED) is 0.533. The van der Waals surface area contributed by atoms with Gasteiger partial charge in [-0.25, -0.2) is 0 Å². The Bertz CT molecular complexity index is 124. The molecule has 1 radical (unpaired) electrons. The van der Waals surface area contributed by atoms with Crippen molar-refractivity contribution in [1.29, 1.82) is 0 Å². The summed E-state index contributed by atoms with van der Waals surface area (Å²) >= 11 is 0. The van der Waals surface area contributed by atoms with E-state index in [9.17, 15) is 0 Å². The molecular weight excluding hydrogens is 92.1 g/mol. The third-order valence-electron chi connectivity index (χ3n) is 0.657. The van der Waals surface area contributed by atoms with Gasteiger partial charge in [-0.2, -0.15) is 0 Å². The van der Waals surface area contributed by atoms with Gasteiger partial charge in [0.25, 0.3) is 0 Å². The van der Waals surface area contributed by atoms with Gasteiger partial charge >= 0.3 is 0 Å². The van der Waals surface area contributed by atoms with Crippen molar-refractivity contribution in [2.75, 3.05) is 0 Å². The highest BCUT2D eigenvalue weighted by Crippen LogP contribution is 1.89. The molecule has 1 aromatic heterocycles. The zero-order valence-corrected chi connectivity index (χ0v) is 3.72. The van der Waals surface area contributed by atoms with Crippen LogP contribution in [0, 0.1) is 6.20 Å². The molecule has 3 nitrogen and oxygen atoms in total. The monoisotopic (exact) mass is 97.0 g/mol. The highest BCUT2D eigenvalue weighted by molar-refractivity contribution is 4.95. The predicted molar refractivity (Wildman–Crippen MR) is 23.2 cm³/mol. The molecule has 0 saturated carbocycles. The number of hydrogen-bond acceptors (Lipinski definition) is 3. The van der Waals surface area contributed by atoms with Gasteiger partial charge in [0.1, 0.15) is 12.5 Å². The van der Waals surface area contributed by atoms with Gasteiger partial charge in [0.15, 0.2) is 0 Å². The summed E-state index contributed by atoms with van der Waals surface area (Å²) in [5.74, 6) is 0. The topological polar surface area (TPSA) is 52.0 Å². The summed E-state index contributed by atoms with van der Waals surface area (Å²) in [6.45, 7) is 0.448. The van der Waals surface area contributed by atoms with Crippen LogP contribution in [0.3, 0.4) is 0 Å². The van der Waals surface area contributed by atoms with Gasteiger partial charge in [-0.3, -0.25) is 0 Å². The minimum Gasteiger partial charge on any atom is -0.364 e. The normalized spacial score (nSPS) is 9.29. The molecule has 3 heteroatoms. The summed E-state index contributed by atoms with van der Waals surface area (Å²) in [6, 6.07) is 0. The molecule has 37 valence electrons. The van der Waals surface area contributed by atoms with Gasteiger partial charge in [0.05, 0.1) is 0 Å². The van der Waals surface area contributed by atoms with Crippen molar-refractivity contribution in [2.45, 2.75) is 6.54 Å². The zero-order valence-electron chi connectivity index (χ0n) is 3.72. The highest BCUT2D eigenvalue weighted by Gasteiger charge is 1.87. The third kappa shape index (κ3) is 0.778. The fourth-order valence-corrected chi connectivity index (χ4v) is 0.295. The number of rotatable bonds is 1. The van der Waals surface area contributed by atoms with E-state index in [4.69, 9.17) is 5.73 Å². The van der Waals surface area contributed by atoms with Crippen molar-refractivity contribution in [2.24, 2.45) is 5.73 Å². The van der Waals surface area contributed by atoms with Crippen LogP contribution < -0.4 is 5.73 Å². The average Bonchev–Trinajstić information content (AvgIpc) is 2.14. The lowest BCUT2D eigenvalue weighted by Gasteiger charge is -1.74. The molecule has 1 rings (SSSR count). The second-order valence-corrected chi connectivity index (χ2v) is 1.16. The first-order chi connectivity index (χ1) is 3.43. The fourth-order valence-electron chi connectivity index (χ4n) is 0.295. The second-order valence-electron chi connectivity index (χ2n) is 1.16. The first-order valence-electron chi connectivity index (χ1n) is 1.94. The first kappa shape index (κ1) is 4.33. The van der Waals surface area contributed by atoms with E-state index in [1.807, 2.05) is 0 Å². The lowest BCUT2D eigenvalue weighted by molar-refractivity contribution is 0.417. The van der Waals surface area contributed by atoms with E-state index in [2.05, 4.69) is 15.9 Å². The molecule has 7 heavy (non-hydrogen) atoms. The van der Waals surface area contributed by atoms with Crippen molar-refractivity contribution >= 4 is 0 Å². The molecule has 1 aromatic rings. The van der Waals surface area contributed by atoms with Crippen LogP contribution in [0.4, 0.5) is 0 Å². The predicted octanol–water partition coefficient (Wildman–Crippen LogP) is -0.0665. The molecule has 0 bridgehead atoms. The maximum atomic E-state index is 5.16. The molecule has 0 unspecified atom stereocenters. The van der Waals surface area contributed by atoms with E-state index >= 15 is 0 Å². The van der Waals surface area contributed by atoms with Gasteiger partial charge in [-0.05, 0) is 0 Å². The van der Waals surface area contributed by atoms with E-state index < -0.39 is 0 Å². The van der Waals surface area contributed by atoms with Crippen LogP contribution in [0.2, 0.25) is 0 Å². The molecule has 0 atom stereocenters. The van der Waals surface area contributed by atoms with Gasteiger partial charge in [-0.15, -0.1) is 0 Å². The molecule has 0 spiro atoms. The van der Waals surface area contributed by atoms with Crippen LogP contribution in [0.5, 0.6) is 0 Å². The molecule has 0 aliphatic rings. The van der Waals surface area contributed by atoms with E-state index in [0.29, 0.717) is 6.54 Å². The molecular formula is C4H5N2O. The Morgan fingerprint density at radius 2 is 2.86 bits per heavy atom. The second kappa shape index (κ2) is 1.75. The molecule has 0 fully saturated rings. The summed E-state index contributed by atoms with van der Waals surface area (Å²) in [6.07, 6.45) is 4.02. The maximum absolute atomic E-state index is 5.16. The van der Waals surface area contributed by atoms with E-state index in [-0.39, 0.29) is 0 Å². The summed E-state index contributed by atoms with van der Waals surface area (Å²) in [4.78, 5) is 0. The molecule has 0 aromatic carbocycles. The average molecular weight is 97.1 g/mol. The Hall–Kier alpha value is -0.830. The van der Waals surface area contributed by atoms with Crippen LogP contribution in [0.15, 0.2) is 10.8 Å². The molecule has 0 aliphatic carbocycles. The number of aromatic nitrogens is 1. The zero-order chi connectivity index (χ0) is 5.11. The van der Waals surface area contributed by atoms with Crippen molar-refractivity contribution in [3.05, 3.63) is 18.0 Å². The Morgan fingerprint density at radius 1 is 2.00 bits per heavy atom. The van der Waals surface area contributed by atoms with Gasteiger partial charge in [-0.1, -0.05) is 5.16 Å². The van der Waals surface area contributed by atoms with E-state index in [1.165, 1.54) is 6.26 Å².